The van der Waals surface area contributed by atoms with E-state index in [1.807, 2.05) is 24.3 Å². The largest absolute Gasteiger partial charge is 0.468 e. The van der Waals surface area contributed by atoms with E-state index < -0.39 is 0 Å². The summed E-state index contributed by atoms with van der Waals surface area (Å²) in [6, 6.07) is 7.64. The molecule has 0 aliphatic heterocycles. The van der Waals surface area contributed by atoms with E-state index in [-0.39, 0.29) is 5.97 Å². The smallest absolute Gasteiger partial charge is 0.315 e. The Hall–Kier alpha value is -1.16. The molecule has 4 heteroatoms. The van der Waals surface area contributed by atoms with Crippen LogP contribution in [0.5, 0.6) is 0 Å². The average molecular weight is 211 g/mol. The van der Waals surface area contributed by atoms with Crippen molar-refractivity contribution in [3.05, 3.63) is 29.8 Å². The van der Waals surface area contributed by atoms with E-state index in [4.69, 9.17) is 5.73 Å². The number of anilines is 1. The zero-order valence-electron chi connectivity index (χ0n) is 8.03. The number of esters is 1. The molecular weight excluding hydrogens is 198 g/mol. The molecule has 0 fully saturated rings. The molecule has 0 aromatic heterocycles. The topological polar surface area (TPSA) is 52.3 Å². The summed E-state index contributed by atoms with van der Waals surface area (Å²) in [6.45, 7) is 0. The minimum atomic E-state index is -0.204. The molecular formula is C10H13NO2S. The first-order chi connectivity index (χ1) is 6.74. The average Bonchev–Trinajstić information content (AvgIpc) is 2.20. The summed E-state index contributed by atoms with van der Waals surface area (Å²) in [5, 5.41) is 0. The monoisotopic (exact) mass is 211 g/mol. The second-order valence-corrected chi connectivity index (χ2v) is 3.75. The van der Waals surface area contributed by atoms with Crippen LogP contribution < -0.4 is 5.73 Å². The van der Waals surface area contributed by atoms with Crippen LogP contribution in [0.2, 0.25) is 0 Å². The lowest BCUT2D eigenvalue weighted by Gasteiger charge is -2.03. The van der Waals surface area contributed by atoms with Gasteiger partial charge in [0.1, 0.15) is 0 Å². The summed E-state index contributed by atoms with van der Waals surface area (Å²) < 4.78 is 4.53. The maximum atomic E-state index is 10.8. The van der Waals surface area contributed by atoms with Crippen molar-refractivity contribution >= 4 is 23.4 Å². The molecule has 0 spiro atoms. The minimum Gasteiger partial charge on any atom is -0.468 e. The zero-order valence-corrected chi connectivity index (χ0v) is 8.84. The highest BCUT2D eigenvalue weighted by Gasteiger charge is 2.02. The molecule has 0 heterocycles. The van der Waals surface area contributed by atoms with E-state index in [2.05, 4.69) is 4.74 Å². The van der Waals surface area contributed by atoms with Crippen LogP contribution in [0, 0.1) is 0 Å². The first-order valence-electron chi connectivity index (χ1n) is 4.22. The summed E-state index contributed by atoms with van der Waals surface area (Å²) in [7, 11) is 1.39. The molecule has 0 saturated carbocycles. The standard InChI is InChI=1S/C10H13NO2S/c1-13-10(12)7-14-6-8-4-2-3-5-9(8)11/h2-5H,6-7,11H2,1H3. The lowest BCUT2D eigenvalue weighted by atomic mass is 10.2. The van der Waals surface area contributed by atoms with Crippen molar-refractivity contribution in [2.45, 2.75) is 5.75 Å². The highest BCUT2D eigenvalue weighted by molar-refractivity contribution is 7.99. The highest BCUT2D eigenvalue weighted by Crippen LogP contribution is 2.17. The number of carbonyl (C=O) groups is 1. The molecule has 0 atom stereocenters. The number of carbonyl (C=O) groups excluding carboxylic acids is 1. The van der Waals surface area contributed by atoms with Gasteiger partial charge in [-0.15, -0.1) is 11.8 Å². The second kappa shape index (κ2) is 5.54. The fourth-order valence-corrected chi connectivity index (χ4v) is 1.84. The van der Waals surface area contributed by atoms with Gasteiger partial charge in [-0.2, -0.15) is 0 Å². The molecule has 0 aliphatic carbocycles. The Morgan fingerprint density at radius 2 is 2.21 bits per heavy atom. The summed E-state index contributed by atoms with van der Waals surface area (Å²) in [6.07, 6.45) is 0. The van der Waals surface area contributed by atoms with Crippen molar-refractivity contribution in [1.29, 1.82) is 0 Å². The van der Waals surface area contributed by atoms with Crippen LogP contribution in [0.4, 0.5) is 5.69 Å². The number of para-hydroxylation sites is 1. The normalized spacial score (nSPS) is 9.79. The molecule has 2 N–H and O–H groups in total. The Morgan fingerprint density at radius 3 is 2.86 bits per heavy atom. The van der Waals surface area contributed by atoms with E-state index in [1.54, 1.807) is 0 Å². The van der Waals surface area contributed by atoms with Gasteiger partial charge in [-0.25, -0.2) is 0 Å². The van der Waals surface area contributed by atoms with Gasteiger partial charge in [0, 0.05) is 11.4 Å². The molecule has 0 bridgehead atoms. The van der Waals surface area contributed by atoms with Crippen molar-refractivity contribution in [2.75, 3.05) is 18.6 Å². The van der Waals surface area contributed by atoms with Crippen molar-refractivity contribution in [3.8, 4) is 0 Å². The number of nitrogens with two attached hydrogens (primary N) is 1. The predicted octanol–water partition coefficient (Wildman–Crippen LogP) is 1.67. The lowest BCUT2D eigenvalue weighted by molar-refractivity contribution is -0.137. The predicted molar refractivity (Wildman–Crippen MR) is 59.0 cm³/mol. The number of thioether (sulfide) groups is 1. The summed E-state index contributed by atoms with van der Waals surface area (Å²) >= 11 is 1.50. The number of methoxy groups -OCH3 is 1. The Kier molecular flexibility index (Phi) is 4.32. The molecule has 1 rings (SSSR count). The Labute approximate surface area is 87.6 Å². The number of benzene rings is 1. The molecule has 0 amide bonds. The van der Waals surface area contributed by atoms with Crippen LogP contribution in [0.15, 0.2) is 24.3 Å². The molecule has 76 valence electrons. The third kappa shape index (κ3) is 3.30. The Bertz CT molecular complexity index is 315. The van der Waals surface area contributed by atoms with Gasteiger partial charge in [-0.05, 0) is 11.6 Å². The molecule has 1 aromatic carbocycles. The van der Waals surface area contributed by atoms with E-state index in [1.165, 1.54) is 18.9 Å². The SMILES string of the molecule is COC(=O)CSCc1ccccc1N. The van der Waals surface area contributed by atoms with Gasteiger partial charge >= 0.3 is 5.97 Å². The maximum absolute atomic E-state index is 10.8. The second-order valence-electron chi connectivity index (χ2n) is 2.77. The van der Waals surface area contributed by atoms with Crippen LogP contribution in [0.25, 0.3) is 0 Å². The quantitative estimate of drug-likeness (QED) is 0.608. The number of rotatable bonds is 4. The Balaban J connectivity index is 2.39. The minimum absolute atomic E-state index is 0.204. The number of ether oxygens (including phenoxy) is 1. The zero-order chi connectivity index (χ0) is 10.4. The molecule has 0 aliphatic rings. The van der Waals surface area contributed by atoms with Gasteiger partial charge in [0.25, 0.3) is 0 Å². The number of hydrogen-bond acceptors (Lipinski definition) is 4. The van der Waals surface area contributed by atoms with Crippen molar-refractivity contribution < 1.29 is 9.53 Å². The third-order valence-corrected chi connectivity index (χ3v) is 2.72. The molecule has 0 saturated heterocycles. The molecule has 3 nitrogen and oxygen atoms in total. The fraction of sp³-hybridized carbons (Fsp3) is 0.300. The third-order valence-electron chi connectivity index (χ3n) is 1.76. The molecule has 0 radical (unpaired) electrons. The van der Waals surface area contributed by atoms with Gasteiger partial charge in [0.2, 0.25) is 0 Å². The van der Waals surface area contributed by atoms with Gasteiger partial charge in [0.15, 0.2) is 0 Å². The first-order valence-corrected chi connectivity index (χ1v) is 5.37. The molecule has 0 unspecified atom stereocenters. The summed E-state index contributed by atoms with van der Waals surface area (Å²) in [5.74, 6) is 0.900. The van der Waals surface area contributed by atoms with Crippen molar-refractivity contribution in [2.24, 2.45) is 0 Å². The number of nitrogen functional groups attached to an aromatic ring is 1. The summed E-state index contributed by atoms with van der Waals surface area (Å²) in [4.78, 5) is 10.8. The van der Waals surface area contributed by atoms with Gasteiger partial charge in [-0.3, -0.25) is 4.79 Å². The fourth-order valence-electron chi connectivity index (χ4n) is 0.969. The molecule has 1 aromatic rings. The van der Waals surface area contributed by atoms with Crippen molar-refractivity contribution in [1.82, 2.24) is 0 Å². The van der Waals surface area contributed by atoms with Crippen molar-refractivity contribution in [3.63, 3.8) is 0 Å². The maximum Gasteiger partial charge on any atom is 0.315 e. The van der Waals surface area contributed by atoms with Crippen LogP contribution in [0.1, 0.15) is 5.56 Å². The van der Waals surface area contributed by atoms with Crippen LogP contribution >= 0.6 is 11.8 Å². The Morgan fingerprint density at radius 1 is 1.50 bits per heavy atom. The highest BCUT2D eigenvalue weighted by atomic mass is 32.2. The van der Waals surface area contributed by atoms with Crippen LogP contribution in [0.3, 0.4) is 0 Å². The van der Waals surface area contributed by atoms with E-state index in [9.17, 15) is 4.79 Å². The van der Waals surface area contributed by atoms with Gasteiger partial charge in [-0.1, -0.05) is 18.2 Å². The van der Waals surface area contributed by atoms with Crippen LogP contribution in [-0.2, 0) is 15.3 Å². The van der Waals surface area contributed by atoms with E-state index >= 15 is 0 Å². The van der Waals surface area contributed by atoms with E-state index in [0.717, 1.165) is 17.0 Å². The van der Waals surface area contributed by atoms with Gasteiger partial charge in [0.05, 0.1) is 12.9 Å². The van der Waals surface area contributed by atoms with Crippen LogP contribution in [-0.4, -0.2) is 18.8 Å². The summed E-state index contributed by atoms with van der Waals surface area (Å²) in [5.41, 5.74) is 7.57. The number of hydrogen-bond donors (Lipinski definition) is 1. The van der Waals surface area contributed by atoms with E-state index in [0.29, 0.717) is 5.75 Å². The first kappa shape index (κ1) is 10.9. The van der Waals surface area contributed by atoms with Gasteiger partial charge < -0.3 is 10.5 Å². The lowest BCUT2D eigenvalue weighted by Crippen LogP contribution is -2.03. The molecule has 14 heavy (non-hydrogen) atoms.